The average Bonchev–Trinajstić information content (AvgIpc) is 2.83. The van der Waals surface area contributed by atoms with Gasteiger partial charge in [0.15, 0.2) is 0 Å². The molecule has 0 spiro atoms. The van der Waals surface area contributed by atoms with Gasteiger partial charge in [-0.3, -0.25) is 14.9 Å². The molecule has 0 fully saturated rings. The zero-order chi connectivity index (χ0) is 17.3. The molecule has 0 aromatic heterocycles. The lowest BCUT2D eigenvalue weighted by Gasteiger charge is -2.11. The molecule has 6 nitrogen and oxygen atoms in total. The van der Waals surface area contributed by atoms with E-state index < -0.39 is 16.6 Å². The number of carbonyl (C=O) groups is 1. The van der Waals surface area contributed by atoms with E-state index in [-0.39, 0.29) is 5.69 Å². The number of hydrogen-bond donors (Lipinski definition) is 0. The molecule has 0 aliphatic carbocycles. The number of nitro groups is 1. The van der Waals surface area contributed by atoms with Gasteiger partial charge in [-0.15, -0.1) is 0 Å². The van der Waals surface area contributed by atoms with Crippen molar-refractivity contribution in [3.8, 4) is 0 Å². The first-order chi connectivity index (χ1) is 11.5. The number of halogens is 1. The van der Waals surface area contributed by atoms with Crippen molar-refractivity contribution in [3.05, 3.63) is 75.6 Å². The largest absolute Gasteiger partial charge is 0.280 e. The first-order valence-electron chi connectivity index (χ1n) is 7.07. The molecule has 0 atom stereocenters. The molecule has 120 valence electrons. The molecule has 0 saturated heterocycles. The number of nitrogens with zero attached hydrogens (tertiary/aromatic N) is 3. The Hall–Kier alpha value is -3.35. The fourth-order valence-corrected chi connectivity index (χ4v) is 2.36. The van der Waals surface area contributed by atoms with Crippen LogP contribution in [0.3, 0.4) is 0 Å². The minimum atomic E-state index is -0.502. The third kappa shape index (κ3) is 2.91. The van der Waals surface area contributed by atoms with Crippen LogP contribution < -0.4 is 5.01 Å². The Labute approximate surface area is 136 Å². The highest BCUT2D eigenvalue weighted by molar-refractivity contribution is 6.32. The van der Waals surface area contributed by atoms with E-state index in [1.54, 1.807) is 25.1 Å². The van der Waals surface area contributed by atoms with E-state index in [1.165, 1.54) is 36.4 Å². The lowest BCUT2D eigenvalue weighted by molar-refractivity contribution is -0.384. The SMILES string of the molecule is CC1=NN(c2cccc(F)c2)C(=O)/C1=C\c1cccc([N+](=O)[O-])c1. The highest BCUT2D eigenvalue weighted by Crippen LogP contribution is 2.26. The zero-order valence-corrected chi connectivity index (χ0v) is 12.6. The minimum absolute atomic E-state index is 0.0635. The quantitative estimate of drug-likeness (QED) is 0.492. The Morgan fingerprint density at radius 1 is 1.21 bits per heavy atom. The molecule has 24 heavy (non-hydrogen) atoms. The van der Waals surface area contributed by atoms with Crippen LogP contribution in [0.5, 0.6) is 0 Å². The molecule has 1 heterocycles. The Morgan fingerprint density at radius 2 is 1.96 bits per heavy atom. The van der Waals surface area contributed by atoms with E-state index in [9.17, 15) is 19.3 Å². The van der Waals surface area contributed by atoms with E-state index in [1.807, 2.05) is 0 Å². The van der Waals surface area contributed by atoms with Crippen molar-refractivity contribution in [3.63, 3.8) is 0 Å². The molecular formula is C17H12FN3O3. The highest BCUT2D eigenvalue weighted by Gasteiger charge is 2.28. The molecule has 0 bridgehead atoms. The minimum Gasteiger partial charge on any atom is -0.267 e. The Balaban J connectivity index is 1.96. The van der Waals surface area contributed by atoms with Crippen LogP contribution in [0, 0.1) is 15.9 Å². The van der Waals surface area contributed by atoms with Gasteiger partial charge in [0, 0.05) is 12.1 Å². The van der Waals surface area contributed by atoms with Gasteiger partial charge in [0.2, 0.25) is 0 Å². The predicted octanol–water partition coefficient (Wildman–Crippen LogP) is 3.54. The number of hydrogen-bond acceptors (Lipinski definition) is 4. The molecule has 2 aromatic carbocycles. The van der Waals surface area contributed by atoms with Crippen molar-refractivity contribution in [1.29, 1.82) is 0 Å². The summed E-state index contributed by atoms with van der Waals surface area (Å²) in [5, 5.41) is 16.1. The molecule has 7 heteroatoms. The maximum absolute atomic E-state index is 13.3. The molecule has 0 N–H and O–H groups in total. The lowest BCUT2D eigenvalue weighted by atomic mass is 10.1. The van der Waals surface area contributed by atoms with Gasteiger partial charge in [-0.2, -0.15) is 10.1 Å². The Morgan fingerprint density at radius 3 is 2.67 bits per heavy atom. The van der Waals surface area contributed by atoms with E-state index >= 15 is 0 Å². The van der Waals surface area contributed by atoms with Crippen LogP contribution in [0.1, 0.15) is 12.5 Å². The summed E-state index contributed by atoms with van der Waals surface area (Å²) in [6, 6.07) is 11.5. The van der Waals surface area contributed by atoms with Gasteiger partial charge in [0.1, 0.15) is 5.82 Å². The van der Waals surface area contributed by atoms with Gasteiger partial charge in [0.25, 0.3) is 11.6 Å². The van der Waals surface area contributed by atoms with Crippen LogP contribution in [0.4, 0.5) is 15.8 Å². The monoisotopic (exact) mass is 325 g/mol. The fourth-order valence-electron chi connectivity index (χ4n) is 2.36. The summed E-state index contributed by atoms with van der Waals surface area (Å²) in [5.41, 5.74) is 1.53. The molecule has 1 amide bonds. The second-order valence-corrected chi connectivity index (χ2v) is 5.19. The van der Waals surface area contributed by atoms with Gasteiger partial charge in [0.05, 0.1) is 21.9 Å². The fraction of sp³-hybridized carbons (Fsp3) is 0.0588. The van der Waals surface area contributed by atoms with Crippen molar-refractivity contribution < 1.29 is 14.1 Å². The van der Waals surface area contributed by atoms with Crippen molar-refractivity contribution in [2.75, 3.05) is 5.01 Å². The normalized spacial score (nSPS) is 15.8. The van der Waals surface area contributed by atoms with Crippen molar-refractivity contribution in [2.24, 2.45) is 5.10 Å². The maximum Gasteiger partial charge on any atom is 0.280 e. The van der Waals surface area contributed by atoms with Gasteiger partial charge in [-0.05, 0) is 36.8 Å². The Bertz CT molecular complexity index is 905. The molecule has 1 aliphatic rings. The molecule has 1 aliphatic heterocycles. The number of hydrazone groups is 1. The molecule has 0 unspecified atom stereocenters. The number of carbonyl (C=O) groups excluding carboxylic acids is 1. The lowest BCUT2D eigenvalue weighted by Crippen LogP contribution is -2.21. The molecule has 0 saturated carbocycles. The number of amides is 1. The number of non-ortho nitro benzene ring substituents is 1. The van der Waals surface area contributed by atoms with Crippen LogP contribution in [-0.4, -0.2) is 16.5 Å². The van der Waals surface area contributed by atoms with Gasteiger partial charge in [-0.1, -0.05) is 18.2 Å². The third-order valence-electron chi connectivity index (χ3n) is 3.51. The number of rotatable bonds is 3. The first-order valence-corrected chi connectivity index (χ1v) is 7.07. The second kappa shape index (κ2) is 6.04. The predicted molar refractivity (Wildman–Crippen MR) is 88.1 cm³/mol. The van der Waals surface area contributed by atoms with Gasteiger partial charge in [-0.25, -0.2) is 4.39 Å². The highest BCUT2D eigenvalue weighted by atomic mass is 19.1. The summed E-state index contributed by atoms with van der Waals surface area (Å²) < 4.78 is 13.3. The topological polar surface area (TPSA) is 75.8 Å². The summed E-state index contributed by atoms with van der Waals surface area (Å²) in [6.07, 6.45) is 1.54. The molecule has 0 radical (unpaired) electrons. The summed E-state index contributed by atoms with van der Waals surface area (Å²) in [6.45, 7) is 1.65. The van der Waals surface area contributed by atoms with Crippen LogP contribution in [-0.2, 0) is 4.79 Å². The Kier molecular flexibility index (Phi) is 3.91. The van der Waals surface area contributed by atoms with Gasteiger partial charge >= 0.3 is 0 Å². The van der Waals surface area contributed by atoms with Crippen molar-refractivity contribution in [2.45, 2.75) is 6.92 Å². The zero-order valence-electron chi connectivity index (χ0n) is 12.6. The second-order valence-electron chi connectivity index (χ2n) is 5.19. The van der Waals surface area contributed by atoms with Gasteiger partial charge < -0.3 is 0 Å². The average molecular weight is 325 g/mol. The number of anilines is 1. The van der Waals surface area contributed by atoms with E-state index in [0.29, 0.717) is 22.5 Å². The van der Waals surface area contributed by atoms with Crippen molar-refractivity contribution in [1.82, 2.24) is 0 Å². The van der Waals surface area contributed by atoms with E-state index in [4.69, 9.17) is 0 Å². The number of nitro benzene ring substituents is 1. The number of benzene rings is 2. The molecule has 2 aromatic rings. The van der Waals surface area contributed by atoms with Crippen LogP contribution >= 0.6 is 0 Å². The standard InChI is InChI=1S/C17H12FN3O3/c1-11-16(9-12-4-2-7-15(8-12)21(23)24)17(22)20(19-11)14-6-3-5-13(18)10-14/h2-10H,1H3/b16-9-. The van der Waals surface area contributed by atoms with Crippen LogP contribution in [0.15, 0.2) is 59.2 Å². The molecular weight excluding hydrogens is 313 g/mol. The summed E-state index contributed by atoms with van der Waals surface area (Å²) >= 11 is 0. The first kappa shape index (κ1) is 15.5. The summed E-state index contributed by atoms with van der Waals surface area (Å²) in [4.78, 5) is 22.9. The van der Waals surface area contributed by atoms with Crippen LogP contribution in [0.2, 0.25) is 0 Å². The van der Waals surface area contributed by atoms with E-state index in [2.05, 4.69) is 5.10 Å². The summed E-state index contributed by atoms with van der Waals surface area (Å²) in [7, 11) is 0. The molecule has 3 rings (SSSR count). The van der Waals surface area contributed by atoms with Crippen LogP contribution in [0.25, 0.3) is 6.08 Å². The van der Waals surface area contributed by atoms with Crippen molar-refractivity contribution >= 4 is 29.1 Å². The smallest absolute Gasteiger partial charge is 0.267 e. The van der Waals surface area contributed by atoms with E-state index in [0.717, 1.165) is 5.01 Å². The maximum atomic E-state index is 13.3. The summed E-state index contributed by atoms with van der Waals surface area (Å²) in [5.74, 6) is -0.881. The third-order valence-corrected chi connectivity index (χ3v) is 3.51.